The first-order valence-corrected chi connectivity index (χ1v) is 10.1. The Bertz CT molecular complexity index is 1040. The molecule has 0 amide bonds. The van der Waals surface area contributed by atoms with Crippen molar-refractivity contribution in [2.24, 2.45) is 0 Å². The van der Waals surface area contributed by atoms with Crippen LogP contribution in [0.15, 0.2) is 57.0 Å². The Labute approximate surface area is 181 Å². The predicted octanol–water partition coefficient (Wildman–Crippen LogP) is 5.74. The lowest BCUT2D eigenvalue weighted by atomic mass is 10.2. The molecule has 3 rings (SSSR count). The van der Waals surface area contributed by atoms with Crippen LogP contribution in [0.25, 0.3) is 6.08 Å². The zero-order valence-corrected chi connectivity index (χ0v) is 17.6. The molecule has 0 unspecified atom stereocenters. The van der Waals surface area contributed by atoms with Gasteiger partial charge in [0.1, 0.15) is 17.3 Å². The molecule has 0 fully saturated rings. The number of carboxylic acids is 1. The van der Waals surface area contributed by atoms with E-state index in [-0.39, 0.29) is 10.1 Å². The summed E-state index contributed by atoms with van der Waals surface area (Å²) >= 11 is 12.9. The van der Waals surface area contributed by atoms with E-state index in [1.54, 1.807) is 42.5 Å². The van der Waals surface area contributed by atoms with E-state index in [0.29, 0.717) is 40.3 Å². The van der Waals surface area contributed by atoms with Crippen molar-refractivity contribution in [1.29, 1.82) is 0 Å². The van der Waals surface area contributed by atoms with Crippen LogP contribution < -0.4 is 4.74 Å². The molecule has 1 heterocycles. The molecular formula is C20H16Cl2N2O4S. The van der Waals surface area contributed by atoms with Crippen LogP contribution in [0.5, 0.6) is 5.75 Å². The van der Waals surface area contributed by atoms with Crippen LogP contribution >= 0.6 is 35.0 Å². The summed E-state index contributed by atoms with van der Waals surface area (Å²) in [5, 5.41) is 18.4. The highest BCUT2D eigenvalue weighted by Crippen LogP contribution is 2.28. The molecule has 3 aromatic rings. The summed E-state index contributed by atoms with van der Waals surface area (Å²) in [5.41, 5.74) is 1.51. The molecule has 2 aromatic carbocycles. The molecule has 0 aliphatic rings. The maximum absolute atomic E-state index is 11.5. The summed E-state index contributed by atoms with van der Waals surface area (Å²) in [6.07, 6.45) is 2.12. The Morgan fingerprint density at radius 3 is 2.59 bits per heavy atom. The van der Waals surface area contributed by atoms with Gasteiger partial charge in [-0.1, -0.05) is 48.3 Å². The Morgan fingerprint density at radius 2 is 1.97 bits per heavy atom. The maximum Gasteiger partial charge on any atom is 0.342 e. The van der Waals surface area contributed by atoms with Crippen LogP contribution in [-0.2, 0) is 17.8 Å². The Kier molecular flexibility index (Phi) is 7.19. The number of carbonyl (C=O) groups is 1. The molecule has 6 nitrogen and oxygen atoms in total. The average Bonchev–Trinajstić information content (AvgIpc) is 3.15. The van der Waals surface area contributed by atoms with E-state index in [9.17, 15) is 9.90 Å². The first kappa shape index (κ1) is 21.2. The number of hydrogen-bond acceptors (Lipinski definition) is 6. The van der Waals surface area contributed by atoms with Crippen LogP contribution in [0, 0.1) is 0 Å². The van der Waals surface area contributed by atoms with Gasteiger partial charge in [-0.3, -0.25) is 0 Å². The van der Waals surface area contributed by atoms with Gasteiger partial charge in [0.25, 0.3) is 5.22 Å². The number of halogens is 2. The third kappa shape index (κ3) is 6.00. The van der Waals surface area contributed by atoms with Gasteiger partial charge < -0.3 is 14.3 Å². The monoisotopic (exact) mass is 450 g/mol. The number of aryl methyl sites for hydroxylation is 1. The third-order valence-corrected chi connectivity index (χ3v) is 5.19. The summed E-state index contributed by atoms with van der Waals surface area (Å²) in [5.74, 6) is 0.00525. The largest absolute Gasteiger partial charge is 0.489 e. The molecular weight excluding hydrogens is 435 g/mol. The molecule has 0 aliphatic heterocycles. The lowest BCUT2D eigenvalue weighted by Gasteiger charge is -2.08. The molecule has 0 spiro atoms. The van der Waals surface area contributed by atoms with E-state index in [4.69, 9.17) is 32.4 Å². The first-order valence-electron chi connectivity index (χ1n) is 8.56. The first-order chi connectivity index (χ1) is 13.9. The quantitative estimate of drug-likeness (QED) is 0.346. The minimum atomic E-state index is -1.08. The fourth-order valence-corrected chi connectivity index (χ4v) is 3.42. The van der Waals surface area contributed by atoms with Crippen molar-refractivity contribution >= 4 is 47.0 Å². The van der Waals surface area contributed by atoms with Crippen molar-refractivity contribution in [3.8, 4) is 5.75 Å². The summed E-state index contributed by atoms with van der Waals surface area (Å²) in [7, 11) is 0. The normalized spacial score (nSPS) is 11.5. The Hall–Kier alpha value is -2.48. The Balaban J connectivity index is 1.67. The summed E-state index contributed by atoms with van der Waals surface area (Å²) in [4.78, 5) is 11.6. The van der Waals surface area contributed by atoms with Crippen LogP contribution in [0.4, 0.5) is 0 Å². The third-order valence-electron chi connectivity index (χ3n) is 3.75. The van der Waals surface area contributed by atoms with E-state index in [1.165, 1.54) is 6.08 Å². The molecule has 150 valence electrons. The molecule has 29 heavy (non-hydrogen) atoms. The zero-order chi connectivity index (χ0) is 20.8. The molecule has 0 aliphatic carbocycles. The van der Waals surface area contributed by atoms with E-state index in [2.05, 4.69) is 10.2 Å². The van der Waals surface area contributed by atoms with Crippen LogP contribution in [-0.4, -0.2) is 21.3 Å². The number of ether oxygens (including phenoxy) is 1. The number of nitrogens with zero attached hydrogens (tertiary/aromatic N) is 2. The van der Waals surface area contributed by atoms with Crippen molar-refractivity contribution in [2.75, 3.05) is 0 Å². The Morgan fingerprint density at radius 1 is 1.21 bits per heavy atom. The van der Waals surface area contributed by atoms with Crippen LogP contribution in [0.3, 0.4) is 0 Å². The second kappa shape index (κ2) is 9.82. The predicted molar refractivity (Wildman–Crippen MR) is 112 cm³/mol. The fraction of sp³-hybridized carbons (Fsp3) is 0.150. The number of carboxylic acid groups (broad SMARTS) is 1. The molecule has 1 N–H and O–H groups in total. The lowest BCUT2D eigenvalue weighted by molar-refractivity contribution is -0.131. The topological polar surface area (TPSA) is 85.5 Å². The van der Waals surface area contributed by atoms with Gasteiger partial charge >= 0.3 is 5.97 Å². The number of hydrogen-bond donors (Lipinski definition) is 1. The van der Waals surface area contributed by atoms with Crippen molar-refractivity contribution in [3.63, 3.8) is 0 Å². The van der Waals surface area contributed by atoms with E-state index in [0.717, 1.165) is 17.3 Å². The SMILES string of the molecule is CCc1nnc(S/C(=C\c2ccc(OCc3ccc(Cl)cc3Cl)cc2)C(=O)O)o1. The van der Waals surface area contributed by atoms with Gasteiger partial charge in [-0.2, -0.15) is 0 Å². The molecule has 0 saturated carbocycles. The van der Waals surface area contributed by atoms with Gasteiger partial charge in [-0.05, 0) is 47.7 Å². The van der Waals surface area contributed by atoms with Gasteiger partial charge in [-0.25, -0.2) is 4.79 Å². The summed E-state index contributed by atoms with van der Waals surface area (Å²) < 4.78 is 11.1. The molecule has 0 radical (unpaired) electrons. The highest BCUT2D eigenvalue weighted by molar-refractivity contribution is 8.03. The van der Waals surface area contributed by atoms with Crippen molar-refractivity contribution in [3.05, 3.63) is 74.4 Å². The number of aromatic nitrogens is 2. The highest BCUT2D eigenvalue weighted by Gasteiger charge is 2.14. The number of aliphatic carboxylic acids is 1. The van der Waals surface area contributed by atoms with Gasteiger partial charge in [0.2, 0.25) is 5.89 Å². The molecule has 9 heteroatoms. The zero-order valence-electron chi connectivity index (χ0n) is 15.3. The van der Waals surface area contributed by atoms with Gasteiger partial charge in [-0.15, -0.1) is 10.2 Å². The minimum absolute atomic E-state index is 0.0675. The second-order valence-electron chi connectivity index (χ2n) is 5.82. The maximum atomic E-state index is 11.5. The van der Waals surface area contributed by atoms with E-state index in [1.807, 2.05) is 6.92 Å². The average molecular weight is 451 g/mol. The van der Waals surface area contributed by atoms with Crippen LogP contribution in [0.1, 0.15) is 23.9 Å². The smallest absolute Gasteiger partial charge is 0.342 e. The van der Waals surface area contributed by atoms with Crippen molar-refractivity contribution < 1.29 is 19.1 Å². The lowest BCUT2D eigenvalue weighted by Crippen LogP contribution is -1.97. The van der Waals surface area contributed by atoms with Crippen molar-refractivity contribution in [1.82, 2.24) is 10.2 Å². The van der Waals surface area contributed by atoms with Gasteiger partial charge in [0, 0.05) is 22.0 Å². The number of benzene rings is 2. The van der Waals surface area contributed by atoms with E-state index >= 15 is 0 Å². The number of rotatable bonds is 8. The molecule has 0 saturated heterocycles. The molecule has 0 atom stereocenters. The molecule has 1 aromatic heterocycles. The fourth-order valence-electron chi connectivity index (χ4n) is 2.26. The summed E-state index contributed by atoms with van der Waals surface area (Å²) in [6, 6.07) is 12.2. The van der Waals surface area contributed by atoms with Crippen LogP contribution in [0.2, 0.25) is 10.0 Å². The van der Waals surface area contributed by atoms with Gasteiger partial charge in [0.05, 0.1) is 0 Å². The minimum Gasteiger partial charge on any atom is -0.489 e. The standard InChI is InChI=1S/C20H16Cl2N2O4S/c1-2-18-23-24-20(28-18)29-17(19(25)26)9-12-3-7-15(8-4-12)27-11-13-5-6-14(21)10-16(13)22/h3-10H,2,11H2,1H3,(H,25,26)/b17-9-. The highest BCUT2D eigenvalue weighted by atomic mass is 35.5. The molecule has 0 bridgehead atoms. The van der Waals surface area contributed by atoms with E-state index < -0.39 is 5.97 Å². The summed E-state index contributed by atoms with van der Waals surface area (Å²) in [6.45, 7) is 2.17. The number of thioether (sulfide) groups is 1. The van der Waals surface area contributed by atoms with Crippen molar-refractivity contribution in [2.45, 2.75) is 25.2 Å². The van der Waals surface area contributed by atoms with Gasteiger partial charge in [0.15, 0.2) is 0 Å². The second-order valence-corrected chi connectivity index (χ2v) is 7.66.